The summed E-state index contributed by atoms with van der Waals surface area (Å²) < 4.78 is 13.4. The molecular formula is C31H29NO5. The van der Waals surface area contributed by atoms with Gasteiger partial charge in [0.1, 0.15) is 11.5 Å². The van der Waals surface area contributed by atoms with Gasteiger partial charge in [-0.15, -0.1) is 0 Å². The van der Waals surface area contributed by atoms with Crippen molar-refractivity contribution in [3.8, 4) is 28.5 Å². The van der Waals surface area contributed by atoms with Crippen molar-refractivity contribution in [2.75, 3.05) is 6.61 Å². The number of fused-ring (bicyclic) bond motifs is 2. The molecule has 6 nitrogen and oxygen atoms in total. The average Bonchev–Trinajstić information content (AvgIpc) is 3.17. The molecule has 0 atom stereocenters. The fourth-order valence-electron chi connectivity index (χ4n) is 4.94. The van der Waals surface area contributed by atoms with E-state index in [-0.39, 0.29) is 17.5 Å². The van der Waals surface area contributed by atoms with Crippen LogP contribution in [0.4, 0.5) is 4.79 Å². The van der Waals surface area contributed by atoms with E-state index >= 15 is 0 Å². The zero-order valence-corrected chi connectivity index (χ0v) is 20.8. The number of carboxylic acid groups (broad SMARTS) is 1. The van der Waals surface area contributed by atoms with Crippen LogP contribution in [0.3, 0.4) is 0 Å². The topological polar surface area (TPSA) is 80.9 Å². The third kappa shape index (κ3) is 4.83. The molecule has 0 radical (unpaired) electrons. The molecule has 5 aromatic rings. The van der Waals surface area contributed by atoms with E-state index in [0.29, 0.717) is 25.1 Å². The quantitative estimate of drug-likeness (QED) is 0.169. The number of aromatic hydroxyl groups is 1. The summed E-state index contributed by atoms with van der Waals surface area (Å²) in [5, 5.41) is 22.8. The molecule has 0 aliphatic rings. The zero-order chi connectivity index (χ0) is 25.9. The summed E-state index contributed by atoms with van der Waals surface area (Å²) in [7, 11) is 0. The molecule has 4 aromatic carbocycles. The molecule has 1 aromatic heterocycles. The Morgan fingerprint density at radius 2 is 1.68 bits per heavy atom. The molecule has 6 heteroatoms. The summed E-state index contributed by atoms with van der Waals surface area (Å²) in [4.78, 5) is 11.8. The molecule has 0 saturated carbocycles. The van der Waals surface area contributed by atoms with Crippen LogP contribution in [0.5, 0.6) is 17.4 Å². The van der Waals surface area contributed by atoms with E-state index in [1.54, 1.807) is 18.2 Å². The molecule has 1 heterocycles. The molecule has 0 unspecified atom stereocenters. The Bertz CT molecular complexity index is 1580. The lowest BCUT2D eigenvalue weighted by Crippen LogP contribution is -2.11. The van der Waals surface area contributed by atoms with Crippen molar-refractivity contribution < 1.29 is 24.5 Å². The first-order chi connectivity index (χ1) is 17.9. The molecule has 0 fully saturated rings. The van der Waals surface area contributed by atoms with Crippen molar-refractivity contribution in [1.82, 2.24) is 4.57 Å². The van der Waals surface area contributed by atoms with E-state index in [0.717, 1.165) is 38.6 Å². The second kappa shape index (κ2) is 10.3. The lowest BCUT2D eigenvalue weighted by Gasteiger charge is -2.15. The molecule has 0 aliphatic heterocycles. The summed E-state index contributed by atoms with van der Waals surface area (Å²) in [5.41, 5.74) is 3.40. The third-order valence-corrected chi connectivity index (χ3v) is 6.57. The Kier molecular flexibility index (Phi) is 6.73. The van der Waals surface area contributed by atoms with Gasteiger partial charge < -0.3 is 24.3 Å². The van der Waals surface area contributed by atoms with Crippen LogP contribution in [0.1, 0.15) is 31.7 Å². The fraction of sp³-hybridized carbons (Fsp3) is 0.194. The average molecular weight is 496 g/mol. The van der Waals surface area contributed by atoms with Crippen molar-refractivity contribution >= 4 is 27.8 Å². The van der Waals surface area contributed by atoms with Crippen LogP contribution in [-0.4, -0.2) is 27.5 Å². The van der Waals surface area contributed by atoms with Crippen LogP contribution in [0.2, 0.25) is 0 Å². The van der Waals surface area contributed by atoms with Crippen molar-refractivity contribution in [2.45, 2.75) is 32.7 Å². The number of aryl methyl sites for hydroxylation is 1. The van der Waals surface area contributed by atoms with Gasteiger partial charge in [-0.05, 0) is 53.1 Å². The zero-order valence-electron chi connectivity index (χ0n) is 20.8. The Morgan fingerprint density at radius 1 is 0.919 bits per heavy atom. The summed E-state index contributed by atoms with van der Waals surface area (Å²) >= 11 is 0. The number of nitrogens with zero attached hydrogens (tertiary/aromatic N) is 1. The molecule has 5 rings (SSSR count). The molecule has 0 spiro atoms. The number of phenolic OH excluding ortho intramolecular Hbond substituents is 1. The van der Waals surface area contributed by atoms with Gasteiger partial charge in [-0.3, -0.25) is 0 Å². The molecule has 188 valence electrons. The SMILES string of the molecule is CC(C)c1ccccc1-c1c(OC(=O)O)n(CCCOc2cccc3ccccc23)c2ccc(O)cc12. The van der Waals surface area contributed by atoms with Gasteiger partial charge >= 0.3 is 6.16 Å². The van der Waals surface area contributed by atoms with Crippen LogP contribution in [-0.2, 0) is 6.54 Å². The number of ether oxygens (including phenoxy) is 2. The summed E-state index contributed by atoms with van der Waals surface area (Å²) in [6.45, 7) is 5.10. The van der Waals surface area contributed by atoms with E-state index in [4.69, 9.17) is 9.47 Å². The number of aromatic nitrogens is 1. The third-order valence-electron chi connectivity index (χ3n) is 6.57. The smallest absolute Gasteiger partial charge is 0.508 e. The van der Waals surface area contributed by atoms with Gasteiger partial charge in [0.15, 0.2) is 0 Å². The van der Waals surface area contributed by atoms with Crippen molar-refractivity contribution in [1.29, 1.82) is 0 Å². The van der Waals surface area contributed by atoms with Crippen LogP contribution in [0.25, 0.3) is 32.8 Å². The van der Waals surface area contributed by atoms with Crippen molar-refractivity contribution in [2.24, 2.45) is 0 Å². The van der Waals surface area contributed by atoms with Crippen molar-refractivity contribution in [3.05, 3.63) is 90.5 Å². The van der Waals surface area contributed by atoms with E-state index in [2.05, 4.69) is 26.0 Å². The minimum atomic E-state index is -1.39. The maximum Gasteiger partial charge on any atom is 0.512 e. The number of hydrogen-bond acceptors (Lipinski definition) is 4. The van der Waals surface area contributed by atoms with E-state index in [9.17, 15) is 15.0 Å². The van der Waals surface area contributed by atoms with E-state index < -0.39 is 6.16 Å². The highest BCUT2D eigenvalue weighted by atomic mass is 16.7. The van der Waals surface area contributed by atoms with Gasteiger partial charge in [-0.1, -0.05) is 74.5 Å². The minimum absolute atomic E-state index is 0.106. The summed E-state index contributed by atoms with van der Waals surface area (Å²) in [6, 6.07) is 27.0. The lowest BCUT2D eigenvalue weighted by molar-refractivity contribution is 0.141. The van der Waals surface area contributed by atoms with Crippen molar-refractivity contribution in [3.63, 3.8) is 0 Å². The second-order valence-corrected chi connectivity index (χ2v) is 9.32. The number of carbonyl (C=O) groups is 1. The first-order valence-corrected chi connectivity index (χ1v) is 12.4. The van der Waals surface area contributed by atoms with Gasteiger partial charge in [0.2, 0.25) is 5.88 Å². The number of phenols is 1. The van der Waals surface area contributed by atoms with Gasteiger partial charge in [0.05, 0.1) is 17.7 Å². The largest absolute Gasteiger partial charge is 0.512 e. The lowest BCUT2D eigenvalue weighted by atomic mass is 9.92. The molecule has 0 saturated heterocycles. The monoisotopic (exact) mass is 495 g/mol. The molecule has 0 aliphatic carbocycles. The van der Waals surface area contributed by atoms with Crippen LogP contribution >= 0.6 is 0 Å². The second-order valence-electron chi connectivity index (χ2n) is 9.32. The first kappa shape index (κ1) is 24.3. The van der Waals surface area contributed by atoms with Gasteiger partial charge in [0, 0.05) is 17.3 Å². The van der Waals surface area contributed by atoms with E-state index in [1.807, 2.05) is 59.2 Å². The molecule has 37 heavy (non-hydrogen) atoms. The maximum absolute atomic E-state index is 11.8. The Labute approximate surface area is 215 Å². The highest BCUT2D eigenvalue weighted by Gasteiger charge is 2.24. The van der Waals surface area contributed by atoms with Crippen LogP contribution in [0, 0.1) is 0 Å². The number of benzene rings is 4. The predicted molar refractivity (Wildman–Crippen MR) is 146 cm³/mol. The minimum Gasteiger partial charge on any atom is -0.508 e. The van der Waals surface area contributed by atoms with E-state index in [1.165, 1.54) is 0 Å². The Hall–Kier alpha value is -4.45. The highest BCUT2D eigenvalue weighted by molar-refractivity contribution is 6.02. The Balaban J connectivity index is 1.52. The fourth-order valence-corrected chi connectivity index (χ4v) is 4.94. The normalized spacial score (nSPS) is 11.3. The number of hydrogen-bond donors (Lipinski definition) is 2. The van der Waals surface area contributed by atoms with Gasteiger partial charge in [-0.2, -0.15) is 0 Å². The molecular weight excluding hydrogens is 466 g/mol. The molecule has 0 amide bonds. The van der Waals surface area contributed by atoms with Gasteiger partial charge in [-0.25, -0.2) is 4.79 Å². The first-order valence-electron chi connectivity index (χ1n) is 12.4. The summed E-state index contributed by atoms with van der Waals surface area (Å²) in [5.74, 6) is 1.37. The maximum atomic E-state index is 11.8. The van der Waals surface area contributed by atoms with Crippen LogP contribution < -0.4 is 9.47 Å². The predicted octanol–water partition coefficient (Wildman–Crippen LogP) is 7.82. The highest BCUT2D eigenvalue weighted by Crippen LogP contribution is 2.44. The standard InChI is InChI=1S/C31H29NO5/c1-20(2)23-11-5-6-13-25(23)29-26-19-22(33)15-16-27(26)32(30(29)37-31(34)35)17-8-18-36-28-14-7-10-21-9-3-4-12-24(21)28/h3-7,9-16,19-20,33H,8,17-18H2,1-2H3,(H,34,35). The molecule has 0 bridgehead atoms. The number of rotatable bonds is 8. The Morgan fingerprint density at radius 3 is 2.49 bits per heavy atom. The van der Waals surface area contributed by atoms with Gasteiger partial charge in [0.25, 0.3) is 0 Å². The molecule has 2 N–H and O–H groups in total. The van der Waals surface area contributed by atoms with Crippen LogP contribution in [0.15, 0.2) is 84.9 Å². The summed E-state index contributed by atoms with van der Waals surface area (Å²) in [6.07, 6.45) is -0.765.